The van der Waals surface area contributed by atoms with Crippen LogP contribution in [0.1, 0.15) is 44.6 Å². The summed E-state index contributed by atoms with van der Waals surface area (Å²) >= 11 is 6.67. The van der Waals surface area contributed by atoms with Crippen LogP contribution in [0.2, 0.25) is 0 Å². The maximum atomic E-state index is 12.7. The van der Waals surface area contributed by atoms with Gasteiger partial charge in [0, 0.05) is 26.1 Å². The summed E-state index contributed by atoms with van der Waals surface area (Å²) in [5, 5.41) is 0. The van der Waals surface area contributed by atoms with Crippen LogP contribution in [0.3, 0.4) is 0 Å². The molecule has 7 heteroatoms. The lowest BCUT2D eigenvalue weighted by molar-refractivity contribution is -0.131. The Balaban J connectivity index is 1.59. The predicted molar refractivity (Wildman–Crippen MR) is 117 cm³/mol. The summed E-state index contributed by atoms with van der Waals surface area (Å²) in [6.07, 6.45) is 6.67. The Bertz CT molecular complexity index is 753. The Morgan fingerprint density at radius 1 is 1.18 bits per heavy atom. The van der Waals surface area contributed by atoms with Gasteiger partial charge in [-0.15, -0.1) is 0 Å². The highest BCUT2D eigenvalue weighted by atomic mass is 32.2. The molecule has 0 aromatic heterocycles. The molecule has 2 heterocycles. The fourth-order valence-electron chi connectivity index (χ4n) is 3.36. The summed E-state index contributed by atoms with van der Waals surface area (Å²) in [6, 6.07) is 7.60. The van der Waals surface area contributed by atoms with E-state index in [-0.39, 0.29) is 11.8 Å². The molecule has 2 fully saturated rings. The fraction of sp³-hybridized carbons (Fsp3) is 0.476. The Morgan fingerprint density at radius 2 is 1.86 bits per heavy atom. The van der Waals surface area contributed by atoms with Crippen molar-refractivity contribution in [3.05, 3.63) is 34.7 Å². The number of thiocarbonyl (C=S) groups is 1. The molecule has 1 aromatic rings. The molecule has 28 heavy (non-hydrogen) atoms. The van der Waals surface area contributed by atoms with Gasteiger partial charge in [-0.2, -0.15) is 0 Å². The number of amides is 2. The predicted octanol–water partition coefficient (Wildman–Crippen LogP) is 4.08. The molecule has 150 valence electrons. The Hall–Kier alpha value is -1.86. The van der Waals surface area contributed by atoms with Crippen molar-refractivity contribution >= 4 is 46.2 Å². The Kier molecular flexibility index (Phi) is 7.50. The average molecular weight is 419 g/mol. The van der Waals surface area contributed by atoms with Gasteiger partial charge in [-0.1, -0.05) is 49.0 Å². The lowest BCUT2D eigenvalue weighted by atomic mass is 10.2. The second-order valence-corrected chi connectivity index (χ2v) is 8.56. The van der Waals surface area contributed by atoms with E-state index in [1.54, 1.807) is 4.90 Å². The third-order valence-electron chi connectivity index (χ3n) is 4.87. The number of likely N-dealkylation sites (tertiary alicyclic amines) is 1. The summed E-state index contributed by atoms with van der Waals surface area (Å²) in [5.74, 6) is 0.804. The van der Waals surface area contributed by atoms with Crippen molar-refractivity contribution in [3.8, 4) is 5.75 Å². The lowest BCUT2D eigenvalue weighted by Crippen LogP contribution is -2.36. The molecular weight excluding hydrogens is 392 g/mol. The minimum Gasteiger partial charge on any atom is -0.494 e. The van der Waals surface area contributed by atoms with E-state index >= 15 is 0 Å². The first-order chi connectivity index (χ1) is 13.6. The number of hydrogen-bond acceptors (Lipinski definition) is 5. The van der Waals surface area contributed by atoms with E-state index in [0.29, 0.717) is 28.8 Å². The van der Waals surface area contributed by atoms with Crippen molar-refractivity contribution in [3.63, 3.8) is 0 Å². The van der Waals surface area contributed by atoms with E-state index in [0.717, 1.165) is 37.2 Å². The molecule has 0 saturated carbocycles. The SMILES string of the molecule is CCOc1ccc(C=C2SC(=S)N(CCC(=O)N3CCCCCC3)C2=O)cc1. The minimum absolute atomic E-state index is 0.117. The number of hydrogen-bond donors (Lipinski definition) is 0. The highest BCUT2D eigenvalue weighted by Crippen LogP contribution is 2.33. The van der Waals surface area contributed by atoms with E-state index in [9.17, 15) is 9.59 Å². The van der Waals surface area contributed by atoms with Crippen molar-refractivity contribution in [2.75, 3.05) is 26.2 Å². The summed E-state index contributed by atoms with van der Waals surface area (Å²) in [4.78, 5) is 29.3. The molecule has 2 aliphatic rings. The van der Waals surface area contributed by atoms with E-state index in [2.05, 4.69) is 0 Å². The van der Waals surface area contributed by atoms with E-state index in [1.165, 1.54) is 24.6 Å². The second kappa shape index (κ2) is 10.1. The summed E-state index contributed by atoms with van der Waals surface area (Å²) in [7, 11) is 0. The van der Waals surface area contributed by atoms with E-state index in [4.69, 9.17) is 17.0 Å². The molecule has 2 aliphatic heterocycles. The number of carbonyl (C=O) groups is 2. The smallest absolute Gasteiger partial charge is 0.266 e. The van der Waals surface area contributed by atoms with Crippen LogP contribution in [0.5, 0.6) is 5.75 Å². The van der Waals surface area contributed by atoms with E-state index < -0.39 is 0 Å². The van der Waals surface area contributed by atoms with Gasteiger partial charge in [-0.05, 0) is 43.5 Å². The van der Waals surface area contributed by atoms with Crippen molar-refractivity contribution in [1.82, 2.24) is 9.80 Å². The highest BCUT2D eigenvalue weighted by molar-refractivity contribution is 8.26. The number of benzene rings is 1. The zero-order valence-corrected chi connectivity index (χ0v) is 17.8. The molecule has 0 spiro atoms. The van der Waals surface area contributed by atoms with Crippen LogP contribution in [-0.2, 0) is 9.59 Å². The average Bonchev–Trinajstić information content (AvgIpc) is 2.88. The van der Waals surface area contributed by atoms with Gasteiger partial charge in [0.1, 0.15) is 10.1 Å². The van der Waals surface area contributed by atoms with Crippen LogP contribution >= 0.6 is 24.0 Å². The number of thioether (sulfide) groups is 1. The van der Waals surface area contributed by atoms with Crippen LogP contribution in [-0.4, -0.2) is 52.2 Å². The molecule has 2 saturated heterocycles. The normalized spacial score (nSPS) is 19.2. The third-order valence-corrected chi connectivity index (χ3v) is 6.25. The first-order valence-electron chi connectivity index (χ1n) is 9.84. The zero-order valence-electron chi connectivity index (χ0n) is 16.2. The summed E-state index contributed by atoms with van der Waals surface area (Å²) in [5.41, 5.74) is 0.921. The van der Waals surface area contributed by atoms with Gasteiger partial charge in [0.2, 0.25) is 5.91 Å². The topological polar surface area (TPSA) is 49.9 Å². The standard InChI is InChI=1S/C21H26N2O3S2/c1-2-26-17-9-7-16(8-10-17)15-18-20(25)23(21(27)28-18)14-11-19(24)22-12-5-3-4-6-13-22/h7-10,15H,2-6,11-14H2,1H3. The molecule has 0 aliphatic carbocycles. The Labute approximate surface area is 176 Å². The quantitative estimate of drug-likeness (QED) is 0.515. The van der Waals surface area contributed by atoms with Crippen molar-refractivity contribution < 1.29 is 14.3 Å². The van der Waals surface area contributed by atoms with Crippen LogP contribution < -0.4 is 4.74 Å². The molecule has 3 rings (SSSR count). The molecule has 0 atom stereocenters. The maximum Gasteiger partial charge on any atom is 0.266 e. The van der Waals surface area contributed by atoms with Gasteiger partial charge in [-0.3, -0.25) is 14.5 Å². The summed E-state index contributed by atoms with van der Waals surface area (Å²) in [6.45, 7) is 4.56. The largest absolute Gasteiger partial charge is 0.494 e. The van der Waals surface area contributed by atoms with Crippen molar-refractivity contribution in [1.29, 1.82) is 0 Å². The maximum absolute atomic E-state index is 12.7. The minimum atomic E-state index is -0.118. The third kappa shape index (κ3) is 5.35. The summed E-state index contributed by atoms with van der Waals surface area (Å²) < 4.78 is 5.96. The number of carbonyl (C=O) groups excluding carboxylic acids is 2. The van der Waals surface area contributed by atoms with Gasteiger partial charge in [0.25, 0.3) is 5.91 Å². The molecule has 2 amide bonds. The van der Waals surface area contributed by atoms with Gasteiger partial charge in [0.05, 0.1) is 11.5 Å². The van der Waals surface area contributed by atoms with Gasteiger partial charge < -0.3 is 9.64 Å². The molecule has 0 N–H and O–H groups in total. The number of nitrogens with zero attached hydrogens (tertiary/aromatic N) is 2. The number of ether oxygens (including phenoxy) is 1. The first kappa shape index (κ1) is 20.9. The highest BCUT2D eigenvalue weighted by Gasteiger charge is 2.32. The van der Waals surface area contributed by atoms with Gasteiger partial charge >= 0.3 is 0 Å². The number of rotatable bonds is 6. The van der Waals surface area contributed by atoms with Gasteiger partial charge in [0.15, 0.2) is 0 Å². The van der Waals surface area contributed by atoms with Crippen molar-refractivity contribution in [2.24, 2.45) is 0 Å². The van der Waals surface area contributed by atoms with E-state index in [1.807, 2.05) is 42.2 Å². The monoisotopic (exact) mass is 418 g/mol. The molecule has 0 unspecified atom stereocenters. The van der Waals surface area contributed by atoms with Crippen molar-refractivity contribution in [2.45, 2.75) is 39.0 Å². The zero-order chi connectivity index (χ0) is 19.9. The van der Waals surface area contributed by atoms with Crippen LogP contribution in [0.4, 0.5) is 0 Å². The molecule has 0 bridgehead atoms. The van der Waals surface area contributed by atoms with Crippen LogP contribution in [0.15, 0.2) is 29.2 Å². The first-order valence-corrected chi connectivity index (χ1v) is 11.1. The molecular formula is C21H26N2O3S2. The molecule has 0 radical (unpaired) electrons. The van der Waals surface area contributed by atoms with Crippen LogP contribution in [0, 0.1) is 0 Å². The lowest BCUT2D eigenvalue weighted by Gasteiger charge is -2.22. The van der Waals surface area contributed by atoms with Crippen LogP contribution in [0.25, 0.3) is 6.08 Å². The Morgan fingerprint density at radius 3 is 2.50 bits per heavy atom. The fourth-order valence-corrected chi connectivity index (χ4v) is 4.67. The van der Waals surface area contributed by atoms with Gasteiger partial charge in [-0.25, -0.2) is 0 Å². The molecule has 5 nitrogen and oxygen atoms in total. The molecule has 1 aromatic carbocycles. The second-order valence-electron chi connectivity index (χ2n) is 6.88.